The van der Waals surface area contributed by atoms with Gasteiger partial charge in [-0.15, -0.1) is 0 Å². The summed E-state index contributed by atoms with van der Waals surface area (Å²) in [6.07, 6.45) is 13.4. The first kappa shape index (κ1) is 38.1. The average molecular weight is 681 g/mol. The molecule has 0 amide bonds. The van der Waals surface area contributed by atoms with Gasteiger partial charge in [-0.1, -0.05) is 71.6 Å². The van der Waals surface area contributed by atoms with Crippen LogP contribution < -0.4 is 9.47 Å². The van der Waals surface area contributed by atoms with Gasteiger partial charge in [-0.2, -0.15) is 0 Å². The Morgan fingerprint density at radius 2 is 1.41 bits per heavy atom. The number of rotatable bonds is 21. The Labute approximate surface area is 296 Å². The quantitative estimate of drug-likeness (QED) is 0.122. The molecular weight excluding hydrogens is 616 g/mol. The molecule has 0 bridgehead atoms. The molecule has 274 valence electrons. The minimum atomic E-state index is -0.338. The molecule has 0 aromatic heterocycles. The van der Waals surface area contributed by atoms with Crippen molar-refractivity contribution in [1.82, 2.24) is 0 Å². The van der Waals surface area contributed by atoms with E-state index in [1.807, 2.05) is 0 Å². The molecule has 3 aliphatic rings. The van der Waals surface area contributed by atoms with Gasteiger partial charge in [0.05, 0.1) is 13.7 Å². The van der Waals surface area contributed by atoms with Crippen molar-refractivity contribution in [3.63, 3.8) is 0 Å². The maximum Gasteiger partial charge on any atom is 0.123 e. The Hall–Kier alpha value is -2.16. The number of hydrogen-bond donors (Lipinski definition) is 0. The van der Waals surface area contributed by atoms with Gasteiger partial charge in [0.25, 0.3) is 0 Å². The van der Waals surface area contributed by atoms with Gasteiger partial charge < -0.3 is 33.2 Å². The maximum atomic E-state index is 7.05. The molecule has 1 saturated carbocycles. The fraction of sp³-hybridized carbons (Fsp3) is 0.714. The lowest BCUT2D eigenvalue weighted by Crippen LogP contribution is -2.58. The molecule has 7 heteroatoms. The van der Waals surface area contributed by atoms with Crippen molar-refractivity contribution < 1.29 is 33.2 Å². The first-order chi connectivity index (χ1) is 24.0. The Bertz CT molecular complexity index is 1260. The van der Waals surface area contributed by atoms with Gasteiger partial charge in [0, 0.05) is 32.8 Å². The lowest BCUT2D eigenvalue weighted by molar-refractivity contribution is -0.268. The van der Waals surface area contributed by atoms with E-state index in [1.165, 1.54) is 30.4 Å². The summed E-state index contributed by atoms with van der Waals surface area (Å²) in [5, 5.41) is 0. The zero-order valence-electron chi connectivity index (χ0n) is 31.1. The van der Waals surface area contributed by atoms with Crippen LogP contribution in [-0.2, 0) is 36.5 Å². The highest BCUT2D eigenvalue weighted by Gasteiger charge is 2.49. The van der Waals surface area contributed by atoms with Crippen LogP contribution in [0.2, 0.25) is 0 Å². The summed E-state index contributed by atoms with van der Waals surface area (Å²) in [5.41, 5.74) is 4.87. The lowest BCUT2D eigenvalue weighted by Gasteiger charge is -2.46. The Balaban J connectivity index is 1.44. The molecule has 0 N–H and O–H groups in total. The zero-order valence-corrected chi connectivity index (χ0v) is 31.1. The Kier molecular flexibility index (Phi) is 15.1. The summed E-state index contributed by atoms with van der Waals surface area (Å²) in [6, 6.07) is 13.2. The summed E-state index contributed by atoms with van der Waals surface area (Å²) in [7, 11) is 1.75. The highest BCUT2D eigenvalue weighted by Crippen LogP contribution is 2.45. The van der Waals surface area contributed by atoms with E-state index in [4.69, 9.17) is 33.2 Å². The van der Waals surface area contributed by atoms with E-state index in [2.05, 4.69) is 64.1 Å². The molecule has 5 atom stereocenters. The largest absolute Gasteiger partial charge is 0.496 e. The first-order valence-corrected chi connectivity index (χ1v) is 19.6. The van der Waals surface area contributed by atoms with Crippen molar-refractivity contribution in [1.29, 1.82) is 0 Å². The molecule has 2 heterocycles. The molecule has 1 aliphatic carbocycles. The zero-order chi connectivity index (χ0) is 34.5. The third-order valence-corrected chi connectivity index (χ3v) is 10.6. The molecule has 2 aromatic rings. The van der Waals surface area contributed by atoms with Crippen LogP contribution in [0.4, 0.5) is 0 Å². The molecule has 1 spiro atoms. The predicted octanol–water partition coefficient (Wildman–Crippen LogP) is 9.35. The molecule has 2 fully saturated rings. The number of benzene rings is 2. The van der Waals surface area contributed by atoms with Gasteiger partial charge in [0.15, 0.2) is 0 Å². The number of methoxy groups -OCH3 is 1. The normalized spacial score (nSPS) is 24.3. The van der Waals surface area contributed by atoms with Crippen LogP contribution in [0.1, 0.15) is 133 Å². The Morgan fingerprint density at radius 3 is 2.06 bits per heavy atom. The van der Waals surface area contributed by atoms with Crippen molar-refractivity contribution in [2.45, 2.75) is 154 Å². The summed E-state index contributed by atoms with van der Waals surface area (Å²) >= 11 is 0. The molecule has 1 saturated heterocycles. The van der Waals surface area contributed by atoms with Crippen LogP contribution >= 0.6 is 0 Å². The van der Waals surface area contributed by atoms with E-state index in [0.29, 0.717) is 33.0 Å². The molecule has 5 rings (SSSR count). The fourth-order valence-electron chi connectivity index (χ4n) is 7.37. The van der Waals surface area contributed by atoms with E-state index in [0.717, 1.165) is 93.3 Å². The van der Waals surface area contributed by atoms with E-state index in [9.17, 15) is 0 Å². The third-order valence-electron chi connectivity index (χ3n) is 10.6. The van der Waals surface area contributed by atoms with Gasteiger partial charge in [-0.3, -0.25) is 0 Å². The molecule has 2 aromatic carbocycles. The Morgan fingerprint density at radius 1 is 0.735 bits per heavy atom. The molecule has 49 heavy (non-hydrogen) atoms. The topological polar surface area (TPSA) is 64.6 Å². The highest BCUT2D eigenvalue weighted by atomic mass is 16.6. The van der Waals surface area contributed by atoms with Gasteiger partial charge in [-0.05, 0) is 98.2 Å². The summed E-state index contributed by atoms with van der Waals surface area (Å²) in [6.45, 7) is 11.9. The van der Waals surface area contributed by atoms with Crippen molar-refractivity contribution in [2.24, 2.45) is 0 Å². The van der Waals surface area contributed by atoms with Gasteiger partial charge in [-0.25, -0.2) is 0 Å². The van der Waals surface area contributed by atoms with E-state index < -0.39 is 0 Å². The summed E-state index contributed by atoms with van der Waals surface area (Å²) in [5.74, 6) is 1.94. The van der Waals surface area contributed by atoms with Crippen molar-refractivity contribution in [3.8, 4) is 11.5 Å². The van der Waals surface area contributed by atoms with Gasteiger partial charge in [0.2, 0.25) is 0 Å². The van der Waals surface area contributed by atoms with Gasteiger partial charge in [0.1, 0.15) is 47.6 Å². The van der Waals surface area contributed by atoms with E-state index >= 15 is 0 Å². The molecule has 7 nitrogen and oxygen atoms in total. The van der Waals surface area contributed by atoms with E-state index in [1.54, 1.807) is 7.11 Å². The van der Waals surface area contributed by atoms with Crippen molar-refractivity contribution >= 4 is 0 Å². The number of unbranched alkanes of at least 4 members (excludes halogenated alkanes) is 4. The summed E-state index contributed by atoms with van der Waals surface area (Å²) in [4.78, 5) is 0. The van der Waals surface area contributed by atoms with Crippen molar-refractivity contribution in [2.75, 3.05) is 40.1 Å². The smallest absolute Gasteiger partial charge is 0.123 e. The SMILES string of the molecule is CCCCOC[C@H]1O[C@@H](c2ccc(OC)c(Cc3ccc4c(c3)CCC3(CCC3)O4)c2)[C@H](OCCCC)C(OCCCC)[C@@H]1OCCCC. The molecular formula is C42H64O7. The predicted molar refractivity (Wildman–Crippen MR) is 195 cm³/mol. The lowest BCUT2D eigenvalue weighted by atomic mass is 9.74. The summed E-state index contributed by atoms with van der Waals surface area (Å²) < 4.78 is 45.8. The second-order valence-electron chi connectivity index (χ2n) is 14.4. The molecule has 2 aliphatic heterocycles. The minimum absolute atomic E-state index is 0.0961. The number of ether oxygens (including phenoxy) is 7. The number of aryl methyl sites for hydroxylation is 1. The van der Waals surface area contributed by atoms with Crippen LogP contribution in [0.25, 0.3) is 0 Å². The van der Waals surface area contributed by atoms with Gasteiger partial charge >= 0.3 is 0 Å². The van der Waals surface area contributed by atoms with E-state index in [-0.39, 0.29) is 36.1 Å². The van der Waals surface area contributed by atoms with Crippen LogP contribution in [0.3, 0.4) is 0 Å². The average Bonchev–Trinajstić information content (AvgIpc) is 3.10. The number of hydrogen-bond acceptors (Lipinski definition) is 7. The van der Waals surface area contributed by atoms with Crippen LogP contribution in [0, 0.1) is 0 Å². The minimum Gasteiger partial charge on any atom is -0.496 e. The maximum absolute atomic E-state index is 7.05. The van der Waals surface area contributed by atoms with Crippen LogP contribution in [0.15, 0.2) is 36.4 Å². The van der Waals surface area contributed by atoms with Crippen LogP contribution in [-0.4, -0.2) is 70.2 Å². The highest BCUT2D eigenvalue weighted by molar-refractivity contribution is 5.45. The molecule has 0 radical (unpaired) electrons. The standard InChI is InChI=1S/C42H64O7/c1-6-10-23-44-30-37-39(45-24-11-7-2)41(47-26-13-9-4)40(46-25-12-8-3)38(48-37)33-16-18-35(43-5)34(29-33)28-31-15-17-36-32(27-31)19-22-42(49-36)20-14-21-42/h15-18,27,29,37-41H,6-14,19-26,28,30H2,1-5H3/t37-,38+,39-,40+,41?/m1/s1. The monoisotopic (exact) mass is 680 g/mol. The second kappa shape index (κ2) is 19.4. The fourth-order valence-corrected chi connectivity index (χ4v) is 7.37. The first-order valence-electron chi connectivity index (χ1n) is 19.6. The third kappa shape index (κ3) is 10.0. The number of fused-ring (bicyclic) bond motifs is 1. The molecule has 1 unspecified atom stereocenters. The van der Waals surface area contributed by atoms with Crippen LogP contribution in [0.5, 0.6) is 11.5 Å². The second-order valence-corrected chi connectivity index (χ2v) is 14.4. The van der Waals surface area contributed by atoms with Crippen molar-refractivity contribution in [3.05, 3.63) is 58.7 Å².